The summed E-state index contributed by atoms with van der Waals surface area (Å²) in [5.74, 6) is 6.20. The fourth-order valence-corrected chi connectivity index (χ4v) is 1.51. The summed E-state index contributed by atoms with van der Waals surface area (Å²) in [4.78, 5) is 4.44. The van der Waals surface area contributed by atoms with Crippen LogP contribution in [0.25, 0.3) is 0 Å². The van der Waals surface area contributed by atoms with E-state index in [1.807, 2.05) is 24.6 Å². The molecule has 0 spiro atoms. The second-order valence-electron chi connectivity index (χ2n) is 3.91. The summed E-state index contributed by atoms with van der Waals surface area (Å²) in [5, 5.41) is 4.46. The van der Waals surface area contributed by atoms with Gasteiger partial charge in [-0.2, -0.15) is 5.10 Å². The van der Waals surface area contributed by atoms with Crippen LogP contribution in [0.4, 0.5) is 0 Å². The molecule has 0 radical (unpaired) electrons. The molecule has 0 atom stereocenters. The topological polar surface area (TPSA) is 68.2 Å². The first-order valence-electron chi connectivity index (χ1n) is 5.73. The minimum absolute atomic E-state index is 0.205. The minimum atomic E-state index is 0.205. The molecule has 0 bridgehead atoms. The average molecular weight is 223 g/mol. The highest BCUT2D eigenvalue weighted by Crippen LogP contribution is 2.07. The van der Waals surface area contributed by atoms with Gasteiger partial charge in [-0.05, 0) is 33.3 Å². The molecule has 5 nitrogen and oxygen atoms in total. The number of aryl methyl sites for hydroxylation is 2. The van der Waals surface area contributed by atoms with Crippen LogP contribution >= 0.6 is 0 Å². The van der Waals surface area contributed by atoms with Crippen molar-refractivity contribution in [2.24, 2.45) is 10.8 Å². The molecule has 1 rings (SSSR count). The van der Waals surface area contributed by atoms with Crippen LogP contribution in [-0.4, -0.2) is 21.7 Å². The second-order valence-corrected chi connectivity index (χ2v) is 3.91. The van der Waals surface area contributed by atoms with Crippen LogP contribution in [0.3, 0.4) is 0 Å². The van der Waals surface area contributed by atoms with Crippen LogP contribution < -0.4 is 11.3 Å². The van der Waals surface area contributed by atoms with Gasteiger partial charge in [-0.3, -0.25) is 9.67 Å². The molecule has 0 fully saturated rings. The van der Waals surface area contributed by atoms with Gasteiger partial charge in [0.15, 0.2) is 5.84 Å². The summed E-state index contributed by atoms with van der Waals surface area (Å²) >= 11 is 0. The molecule has 0 aliphatic rings. The third kappa shape index (κ3) is 2.82. The van der Waals surface area contributed by atoms with Crippen molar-refractivity contribution in [1.29, 1.82) is 0 Å². The lowest BCUT2D eigenvalue weighted by Gasteiger charge is -2.08. The molecule has 5 heteroatoms. The van der Waals surface area contributed by atoms with Gasteiger partial charge in [0.1, 0.15) is 5.69 Å². The van der Waals surface area contributed by atoms with E-state index in [0.29, 0.717) is 5.84 Å². The molecule has 1 heterocycles. The van der Waals surface area contributed by atoms with Crippen molar-refractivity contribution >= 4 is 5.84 Å². The third-order valence-corrected chi connectivity index (χ3v) is 2.26. The van der Waals surface area contributed by atoms with Gasteiger partial charge in [-0.15, -0.1) is 0 Å². The molecule has 0 saturated heterocycles. The molecule has 1 aromatic heterocycles. The average Bonchev–Trinajstić information content (AvgIpc) is 2.68. The number of nitrogens with one attached hydrogen (secondary N) is 1. The van der Waals surface area contributed by atoms with Crippen LogP contribution in [0.2, 0.25) is 0 Å². The van der Waals surface area contributed by atoms with E-state index < -0.39 is 0 Å². The Bertz CT molecular complexity index is 364. The van der Waals surface area contributed by atoms with Crippen LogP contribution in [0.1, 0.15) is 39.1 Å². The zero-order valence-corrected chi connectivity index (χ0v) is 10.5. The first-order chi connectivity index (χ1) is 7.62. The maximum atomic E-state index is 5.51. The number of hydrogen-bond donors (Lipinski definition) is 2. The van der Waals surface area contributed by atoms with Gasteiger partial charge in [-0.25, -0.2) is 5.84 Å². The number of hydrazine groups is 1. The van der Waals surface area contributed by atoms with Gasteiger partial charge in [0.25, 0.3) is 0 Å². The van der Waals surface area contributed by atoms with Crippen molar-refractivity contribution in [2.45, 2.75) is 46.7 Å². The Morgan fingerprint density at radius 2 is 2.25 bits per heavy atom. The van der Waals surface area contributed by atoms with E-state index in [1.54, 1.807) is 0 Å². The Kier molecular flexibility index (Phi) is 4.49. The van der Waals surface area contributed by atoms with E-state index in [4.69, 9.17) is 5.84 Å². The Hall–Kier alpha value is -1.36. The lowest BCUT2D eigenvalue weighted by atomic mass is 10.3. The van der Waals surface area contributed by atoms with Crippen molar-refractivity contribution in [1.82, 2.24) is 15.2 Å². The SMILES string of the molecule is CCc1cc(C(=NC(C)C)NN)n(CC)n1. The first-order valence-corrected chi connectivity index (χ1v) is 5.73. The molecular formula is C11H21N5. The fourth-order valence-electron chi connectivity index (χ4n) is 1.51. The van der Waals surface area contributed by atoms with Crippen molar-refractivity contribution in [3.63, 3.8) is 0 Å². The largest absolute Gasteiger partial charge is 0.307 e. The molecule has 0 amide bonds. The van der Waals surface area contributed by atoms with Gasteiger partial charge in [-0.1, -0.05) is 6.92 Å². The molecule has 0 saturated carbocycles. The van der Waals surface area contributed by atoms with Crippen molar-refractivity contribution < 1.29 is 0 Å². The van der Waals surface area contributed by atoms with E-state index in [9.17, 15) is 0 Å². The van der Waals surface area contributed by atoms with Crippen LogP contribution in [0.5, 0.6) is 0 Å². The molecule has 0 aromatic carbocycles. The maximum absolute atomic E-state index is 5.51. The molecule has 3 N–H and O–H groups in total. The zero-order valence-electron chi connectivity index (χ0n) is 10.5. The highest BCUT2D eigenvalue weighted by atomic mass is 15.3. The summed E-state index contributed by atoms with van der Waals surface area (Å²) in [5.41, 5.74) is 4.66. The summed E-state index contributed by atoms with van der Waals surface area (Å²) in [7, 11) is 0. The second kappa shape index (κ2) is 5.65. The Morgan fingerprint density at radius 3 is 2.69 bits per heavy atom. The molecule has 0 aliphatic heterocycles. The summed E-state index contributed by atoms with van der Waals surface area (Å²) < 4.78 is 1.92. The van der Waals surface area contributed by atoms with E-state index in [2.05, 4.69) is 29.4 Å². The van der Waals surface area contributed by atoms with Crippen molar-refractivity contribution in [3.8, 4) is 0 Å². The van der Waals surface area contributed by atoms with E-state index in [1.165, 1.54) is 0 Å². The third-order valence-electron chi connectivity index (χ3n) is 2.26. The Labute approximate surface area is 96.7 Å². The van der Waals surface area contributed by atoms with Gasteiger partial charge < -0.3 is 5.43 Å². The normalized spacial score (nSPS) is 12.2. The molecular weight excluding hydrogens is 202 g/mol. The molecule has 0 unspecified atom stereocenters. The van der Waals surface area contributed by atoms with Gasteiger partial charge in [0.2, 0.25) is 0 Å². The maximum Gasteiger partial charge on any atom is 0.161 e. The number of amidine groups is 1. The summed E-state index contributed by atoms with van der Waals surface area (Å²) in [6.45, 7) is 8.99. The predicted octanol–water partition coefficient (Wildman–Crippen LogP) is 1.08. The fraction of sp³-hybridized carbons (Fsp3) is 0.636. The number of nitrogens with two attached hydrogens (primary N) is 1. The lowest BCUT2D eigenvalue weighted by Crippen LogP contribution is -2.33. The quantitative estimate of drug-likeness (QED) is 0.347. The summed E-state index contributed by atoms with van der Waals surface area (Å²) in [6, 6.07) is 2.24. The smallest absolute Gasteiger partial charge is 0.161 e. The van der Waals surface area contributed by atoms with E-state index in [-0.39, 0.29) is 6.04 Å². The number of aromatic nitrogens is 2. The van der Waals surface area contributed by atoms with Crippen molar-refractivity contribution in [3.05, 3.63) is 17.5 Å². The number of nitrogens with zero attached hydrogens (tertiary/aromatic N) is 3. The van der Waals surface area contributed by atoms with Crippen LogP contribution in [0, 0.1) is 0 Å². The number of aliphatic imine (C=N–C) groups is 1. The predicted molar refractivity (Wildman–Crippen MR) is 66.3 cm³/mol. The summed E-state index contributed by atoms with van der Waals surface area (Å²) in [6.07, 6.45) is 0.916. The zero-order chi connectivity index (χ0) is 12.1. The number of rotatable bonds is 4. The van der Waals surface area contributed by atoms with Crippen LogP contribution in [-0.2, 0) is 13.0 Å². The molecule has 0 aliphatic carbocycles. The molecule has 1 aromatic rings. The first kappa shape index (κ1) is 12.7. The highest BCUT2D eigenvalue weighted by molar-refractivity contribution is 5.97. The van der Waals surface area contributed by atoms with Gasteiger partial charge in [0, 0.05) is 12.6 Å². The molecule has 16 heavy (non-hydrogen) atoms. The minimum Gasteiger partial charge on any atom is -0.307 e. The standard InChI is InChI=1S/C11H21N5/c1-5-9-7-10(16(6-2)15-9)11(14-12)13-8(3)4/h7-8H,5-6,12H2,1-4H3,(H,13,14). The lowest BCUT2D eigenvalue weighted by molar-refractivity contribution is 0.639. The monoisotopic (exact) mass is 223 g/mol. The highest BCUT2D eigenvalue weighted by Gasteiger charge is 2.11. The van der Waals surface area contributed by atoms with Gasteiger partial charge in [0.05, 0.1) is 5.69 Å². The van der Waals surface area contributed by atoms with E-state index in [0.717, 1.165) is 24.4 Å². The van der Waals surface area contributed by atoms with Crippen molar-refractivity contribution in [2.75, 3.05) is 0 Å². The Balaban J connectivity index is 3.13. The van der Waals surface area contributed by atoms with Gasteiger partial charge >= 0.3 is 0 Å². The molecule has 90 valence electrons. The Morgan fingerprint density at radius 1 is 1.56 bits per heavy atom. The number of hydrogen-bond acceptors (Lipinski definition) is 3. The van der Waals surface area contributed by atoms with E-state index >= 15 is 0 Å². The van der Waals surface area contributed by atoms with Crippen LogP contribution in [0.15, 0.2) is 11.1 Å².